The lowest BCUT2D eigenvalue weighted by atomic mass is 10.1. The van der Waals surface area contributed by atoms with Gasteiger partial charge in [-0.05, 0) is 12.5 Å². The number of hydrogen-bond acceptors (Lipinski definition) is 1. The van der Waals surface area contributed by atoms with Gasteiger partial charge in [0.05, 0.1) is 0 Å². The summed E-state index contributed by atoms with van der Waals surface area (Å²) in [4.78, 5) is 11.0. The Balaban J connectivity index is 3.31. The summed E-state index contributed by atoms with van der Waals surface area (Å²) in [6, 6.07) is 0. The van der Waals surface area contributed by atoms with Crippen molar-refractivity contribution in [1.29, 1.82) is 0 Å². The molecule has 0 saturated heterocycles. The number of hydrogen-bond donors (Lipinski definition) is 0. The van der Waals surface area contributed by atoms with Crippen molar-refractivity contribution >= 4 is 5.78 Å². The Hall–Kier alpha value is -0.850. The van der Waals surface area contributed by atoms with Crippen LogP contribution < -0.4 is 0 Å². The van der Waals surface area contributed by atoms with Gasteiger partial charge in [-0.25, -0.2) is 0 Å². The van der Waals surface area contributed by atoms with Crippen molar-refractivity contribution in [1.82, 2.24) is 0 Å². The molecule has 0 N–H and O–H groups in total. The zero-order valence-corrected chi connectivity index (χ0v) is 7.88. The van der Waals surface area contributed by atoms with Gasteiger partial charge < -0.3 is 0 Å². The molecule has 12 heavy (non-hydrogen) atoms. The van der Waals surface area contributed by atoms with E-state index >= 15 is 0 Å². The maximum Gasteiger partial charge on any atom is 0.155 e. The second-order valence-corrected chi connectivity index (χ2v) is 2.87. The first-order chi connectivity index (χ1) is 5.81. The highest BCUT2D eigenvalue weighted by atomic mass is 16.1. The first-order valence-corrected chi connectivity index (χ1v) is 4.63. The van der Waals surface area contributed by atoms with Crippen LogP contribution in [0.1, 0.15) is 39.0 Å². The standard InChI is InChI=1S/C11H18O/c1-3-5-7-8-10-11(12)9-6-4-2/h4,6,9H,2-3,5,7-8,10H2,1H3/b9-6+. The second kappa shape index (κ2) is 8.25. The third kappa shape index (κ3) is 7.26. The molecule has 0 rings (SSSR count). The van der Waals surface area contributed by atoms with Gasteiger partial charge in [-0.15, -0.1) is 0 Å². The van der Waals surface area contributed by atoms with Crippen LogP contribution in [0.4, 0.5) is 0 Å². The molecular weight excluding hydrogens is 148 g/mol. The third-order valence-electron chi connectivity index (χ3n) is 1.69. The highest BCUT2D eigenvalue weighted by Crippen LogP contribution is 2.03. The molecule has 0 unspecified atom stereocenters. The van der Waals surface area contributed by atoms with E-state index in [4.69, 9.17) is 0 Å². The first kappa shape index (κ1) is 11.2. The lowest BCUT2D eigenvalue weighted by Gasteiger charge is -1.94. The zero-order chi connectivity index (χ0) is 9.23. The maximum absolute atomic E-state index is 11.0. The molecule has 0 amide bonds. The number of carbonyl (C=O) groups is 1. The predicted octanol–water partition coefficient (Wildman–Crippen LogP) is 3.27. The Labute approximate surface area is 75.2 Å². The molecule has 0 aromatic heterocycles. The number of ketones is 1. The van der Waals surface area contributed by atoms with Gasteiger partial charge in [-0.2, -0.15) is 0 Å². The van der Waals surface area contributed by atoms with Crippen molar-refractivity contribution < 1.29 is 4.79 Å². The van der Waals surface area contributed by atoms with Crippen LogP contribution in [0.25, 0.3) is 0 Å². The molecule has 0 aliphatic carbocycles. The van der Waals surface area contributed by atoms with E-state index in [1.165, 1.54) is 19.3 Å². The van der Waals surface area contributed by atoms with Crippen molar-refractivity contribution in [2.45, 2.75) is 39.0 Å². The van der Waals surface area contributed by atoms with Crippen LogP contribution in [0.3, 0.4) is 0 Å². The van der Waals surface area contributed by atoms with E-state index in [1.54, 1.807) is 18.2 Å². The van der Waals surface area contributed by atoms with Gasteiger partial charge in [0.2, 0.25) is 0 Å². The molecule has 0 aliphatic heterocycles. The van der Waals surface area contributed by atoms with Gasteiger partial charge >= 0.3 is 0 Å². The van der Waals surface area contributed by atoms with E-state index in [0.717, 1.165) is 6.42 Å². The largest absolute Gasteiger partial charge is 0.295 e. The van der Waals surface area contributed by atoms with Crippen molar-refractivity contribution in [2.24, 2.45) is 0 Å². The van der Waals surface area contributed by atoms with E-state index in [-0.39, 0.29) is 5.78 Å². The van der Waals surface area contributed by atoms with Crippen molar-refractivity contribution in [3.8, 4) is 0 Å². The SMILES string of the molecule is C=C/C=C/C(=O)CCCCCC. The highest BCUT2D eigenvalue weighted by Gasteiger charge is 1.94. The summed E-state index contributed by atoms with van der Waals surface area (Å²) in [5, 5.41) is 0. The molecule has 0 spiro atoms. The highest BCUT2D eigenvalue weighted by molar-refractivity contribution is 5.89. The molecule has 0 bridgehead atoms. The monoisotopic (exact) mass is 166 g/mol. The summed E-state index contributed by atoms with van der Waals surface area (Å²) < 4.78 is 0. The number of allylic oxidation sites excluding steroid dienone is 3. The Bertz CT molecular complexity index is 156. The fourth-order valence-electron chi connectivity index (χ4n) is 0.985. The topological polar surface area (TPSA) is 17.1 Å². The van der Waals surface area contributed by atoms with Gasteiger partial charge in [-0.1, -0.05) is 44.9 Å². The molecule has 1 heteroatoms. The minimum atomic E-state index is 0.214. The third-order valence-corrected chi connectivity index (χ3v) is 1.69. The number of unbranched alkanes of at least 4 members (excludes halogenated alkanes) is 3. The van der Waals surface area contributed by atoms with Crippen LogP contribution in [0.5, 0.6) is 0 Å². The van der Waals surface area contributed by atoms with Crippen LogP contribution >= 0.6 is 0 Å². The van der Waals surface area contributed by atoms with Gasteiger partial charge in [-0.3, -0.25) is 4.79 Å². The summed E-state index contributed by atoms with van der Waals surface area (Å²) in [6.45, 7) is 5.67. The minimum Gasteiger partial charge on any atom is -0.295 e. The fraction of sp³-hybridized carbons (Fsp3) is 0.545. The zero-order valence-electron chi connectivity index (χ0n) is 7.88. The summed E-state index contributed by atoms with van der Waals surface area (Å²) >= 11 is 0. The summed E-state index contributed by atoms with van der Waals surface area (Å²) in [7, 11) is 0. The summed E-state index contributed by atoms with van der Waals surface area (Å²) in [6.07, 6.45) is 10.3. The Morgan fingerprint density at radius 1 is 1.33 bits per heavy atom. The molecule has 0 aliphatic rings. The van der Waals surface area contributed by atoms with E-state index in [9.17, 15) is 4.79 Å². The van der Waals surface area contributed by atoms with Crippen molar-refractivity contribution in [3.05, 3.63) is 24.8 Å². The second-order valence-electron chi connectivity index (χ2n) is 2.87. The van der Waals surface area contributed by atoms with Crippen LogP contribution in [-0.2, 0) is 4.79 Å². The quantitative estimate of drug-likeness (QED) is 0.322. The molecule has 1 nitrogen and oxygen atoms in total. The van der Waals surface area contributed by atoms with E-state index in [1.807, 2.05) is 0 Å². The summed E-state index contributed by atoms with van der Waals surface area (Å²) in [5.74, 6) is 0.214. The average Bonchev–Trinajstić information content (AvgIpc) is 2.09. The van der Waals surface area contributed by atoms with Crippen LogP contribution in [0.2, 0.25) is 0 Å². The lowest BCUT2D eigenvalue weighted by Crippen LogP contribution is -1.91. The number of carbonyl (C=O) groups excluding carboxylic acids is 1. The van der Waals surface area contributed by atoms with Gasteiger partial charge in [0, 0.05) is 6.42 Å². The molecule has 0 saturated carbocycles. The van der Waals surface area contributed by atoms with Crippen molar-refractivity contribution in [2.75, 3.05) is 0 Å². The lowest BCUT2D eigenvalue weighted by molar-refractivity contribution is -0.114. The molecule has 68 valence electrons. The molecule has 0 aromatic rings. The van der Waals surface area contributed by atoms with Crippen molar-refractivity contribution in [3.63, 3.8) is 0 Å². The van der Waals surface area contributed by atoms with Crippen LogP contribution in [0, 0.1) is 0 Å². The van der Waals surface area contributed by atoms with Crippen LogP contribution in [0.15, 0.2) is 24.8 Å². The molecule has 0 aromatic carbocycles. The maximum atomic E-state index is 11.0. The number of rotatable bonds is 7. The van der Waals surface area contributed by atoms with Gasteiger partial charge in [0.15, 0.2) is 5.78 Å². The smallest absolute Gasteiger partial charge is 0.155 e. The van der Waals surface area contributed by atoms with Crippen LogP contribution in [-0.4, -0.2) is 5.78 Å². The first-order valence-electron chi connectivity index (χ1n) is 4.63. The Morgan fingerprint density at radius 3 is 2.67 bits per heavy atom. The molecule has 0 fully saturated rings. The predicted molar refractivity (Wildman–Crippen MR) is 53.1 cm³/mol. The average molecular weight is 166 g/mol. The molecular formula is C11H18O. The van der Waals surface area contributed by atoms with E-state index < -0.39 is 0 Å². The molecule has 0 atom stereocenters. The Morgan fingerprint density at radius 2 is 2.08 bits per heavy atom. The van der Waals surface area contributed by atoms with Gasteiger partial charge in [0.25, 0.3) is 0 Å². The summed E-state index contributed by atoms with van der Waals surface area (Å²) in [5.41, 5.74) is 0. The fourth-order valence-corrected chi connectivity index (χ4v) is 0.985. The molecule has 0 heterocycles. The van der Waals surface area contributed by atoms with E-state index in [0.29, 0.717) is 6.42 Å². The minimum absolute atomic E-state index is 0.214. The van der Waals surface area contributed by atoms with Gasteiger partial charge in [0.1, 0.15) is 0 Å². The normalized spacial score (nSPS) is 10.4. The van der Waals surface area contributed by atoms with E-state index in [2.05, 4.69) is 13.5 Å². The Kier molecular flexibility index (Phi) is 7.66. The molecule has 0 radical (unpaired) electrons.